The fraction of sp³-hybridized carbons (Fsp3) is 0.130. The third kappa shape index (κ3) is 3.99. The summed E-state index contributed by atoms with van der Waals surface area (Å²) in [4.78, 5) is 16.2. The number of hydrogen-bond acceptors (Lipinski definition) is 3. The van der Waals surface area contributed by atoms with Crippen molar-refractivity contribution in [1.29, 1.82) is 0 Å². The minimum absolute atomic E-state index is 0.0721. The van der Waals surface area contributed by atoms with Gasteiger partial charge in [-0.3, -0.25) is 0 Å². The highest BCUT2D eigenvalue weighted by molar-refractivity contribution is 9.10. The van der Waals surface area contributed by atoms with Crippen LogP contribution in [-0.2, 0) is 4.74 Å². The van der Waals surface area contributed by atoms with Crippen LogP contribution in [0, 0.1) is 0 Å². The molecule has 1 aliphatic rings. The molecule has 1 N–H and O–H groups in total. The van der Waals surface area contributed by atoms with Crippen LogP contribution in [-0.4, -0.2) is 24.2 Å². The molecule has 0 unspecified atom stereocenters. The zero-order chi connectivity index (χ0) is 19.3. The summed E-state index contributed by atoms with van der Waals surface area (Å²) in [7, 11) is 0. The first kappa shape index (κ1) is 18.4. The Balaban J connectivity index is 1.34. The molecule has 1 heterocycles. The van der Waals surface area contributed by atoms with Gasteiger partial charge in [0.05, 0.1) is 0 Å². The van der Waals surface area contributed by atoms with E-state index in [2.05, 4.69) is 50.5 Å². The van der Waals surface area contributed by atoms with Gasteiger partial charge in [-0.2, -0.15) is 0 Å². The van der Waals surface area contributed by atoms with E-state index in [0.717, 1.165) is 10.2 Å². The maximum atomic E-state index is 12.1. The maximum absolute atomic E-state index is 12.1. The van der Waals surface area contributed by atoms with Crippen molar-refractivity contribution in [3.63, 3.8) is 0 Å². The molecular weight excluding hydrogens is 416 g/mol. The predicted molar refractivity (Wildman–Crippen MR) is 114 cm³/mol. The Bertz CT molecular complexity index is 987. The van der Waals surface area contributed by atoms with E-state index in [0.29, 0.717) is 13.2 Å². The van der Waals surface area contributed by atoms with Crippen molar-refractivity contribution in [2.75, 3.05) is 13.2 Å². The summed E-state index contributed by atoms with van der Waals surface area (Å²) >= 11 is 3.34. The van der Waals surface area contributed by atoms with Crippen molar-refractivity contribution < 1.29 is 9.53 Å². The van der Waals surface area contributed by atoms with Crippen LogP contribution in [0.25, 0.3) is 17.2 Å². The highest BCUT2D eigenvalue weighted by atomic mass is 79.9. The highest BCUT2D eigenvalue weighted by Crippen LogP contribution is 2.44. The van der Waals surface area contributed by atoms with Gasteiger partial charge in [-0.1, -0.05) is 60.7 Å². The van der Waals surface area contributed by atoms with Crippen molar-refractivity contribution in [2.45, 2.75) is 5.92 Å². The lowest BCUT2D eigenvalue weighted by atomic mass is 9.98. The van der Waals surface area contributed by atoms with Crippen molar-refractivity contribution >= 4 is 28.1 Å². The monoisotopic (exact) mass is 434 g/mol. The molecule has 0 saturated heterocycles. The number of nitrogens with one attached hydrogen (secondary N) is 1. The van der Waals surface area contributed by atoms with E-state index in [1.807, 2.05) is 48.6 Å². The smallest absolute Gasteiger partial charge is 0.407 e. The van der Waals surface area contributed by atoms with E-state index in [-0.39, 0.29) is 5.92 Å². The van der Waals surface area contributed by atoms with E-state index < -0.39 is 6.09 Å². The Morgan fingerprint density at radius 2 is 1.75 bits per heavy atom. The number of amides is 1. The molecule has 2 aromatic carbocycles. The number of fused-ring (bicyclic) bond motifs is 3. The molecule has 0 spiro atoms. The second-order valence-electron chi connectivity index (χ2n) is 6.52. The number of nitrogens with zero attached hydrogens (tertiary/aromatic N) is 1. The molecule has 0 radical (unpaired) electrons. The number of alkyl carbamates (subject to hydrolysis) is 1. The number of rotatable bonds is 5. The molecule has 0 bridgehead atoms. The topological polar surface area (TPSA) is 51.2 Å². The Morgan fingerprint density at radius 1 is 1.07 bits per heavy atom. The SMILES string of the molecule is O=C(NCC=Cc1ccnc(Br)c1)OCC1c2ccccc2-c2ccccc21. The highest BCUT2D eigenvalue weighted by Gasteiger charge is 2.28. The van der Waals surface area contributed by atoms with Gasteiger partial charge in [0.25, 0.3) is 0 Å². The Labute approximate surface area is 172 Å². The van der Waals surface area contributed by atoms with Gasteiger partial charge in [-0.25, -0.2) is 9.78 Å². The van der Waals surface area contributed by atoms with Crippen LogP contribution in [0.4, 0.5) is 4.79 Å². The number of carbonyl (C=O) groups excluding carboxylic acids is 1. The van der Waals surface area contributed by atoms with Crippen molar-refractivity contribution in [2.24, 2.45) is 0 Å². The molecule has 1 amide bonds. The molecule has 4 rings (SSSR count). The summed E-state index contributed by atoms with van der Waals surface area (Å²) < 4.78 is 6.29. The number of aromatic nitrogens is 1. The van der Waals surface area contributed by atoms with Crippen LogP contribution in [0.15, 0.2) is 77.5 Å². The van der Waals surface area contributed by atoms with Crippen LogP contribution in [0.1, 0.15) is 22.6 Å². The van der Waals surface area contributed by atoms with Crippen molar-refractivity contribution in [1.82, 2.24) is 10.3 Å². The first-order chi connectivity index (χ1) is 13.7. The summed E-state index contributed by atoms with van der Waals surface area (Å²) in [6.07, 6.45) is 5.12. The van der Waals surface area contributed by atoms with Gasteiger partial charge < -0.3 is 10.1 Å². The molecule has 0 saturated carbocycles. The maximum Gasteiger partial charge on any atom is 0.407 e. The zero-order valence-corrected chi connectivity index (χ0v) is 16.7. The van der Waals surface area contributed by atoms with Crippen LogP contribution in [0.3, 0.4) is 0 Å². The Kier molecular flexibility index (Phi) is 5.53. The number of hydrogen-bond donors (Lipinski definition) is 1. The second-order valence-corrected chi connectivity index (χ2v) is 7.33. The lowest BCUT2D eigenvalue weighted by molar-refractivity contribution is 0.144. The van der Waals surface area contributed by atoms with Gasteiger partial charge in [0.1, 0.15) is 11.2 Å². The molecule has 1 aliphatic carbocycles. The molecular formula is C23H19BrN2O2. The van der Waals surface area contributed by atoms with Crippen LogP contribution >= 0.6 is 15.9 Å². The molecule has 3 aromatic rings. The van der Waals surface area contributed by atoms with Gasteiger partial charge in [0.2, 0.25) is 0 Å². The summed E-state index contributed by atoms with van der Waals surface area (Å²) in [6.45, 7) is 0.720. The number of pyridine rings is 1. The fourth-order valence-electron chi connectivity index (χ4n) is 3.51. The first-order valence-electron chi connectivity index (χ1n) is 9.09. The normalized spacial score (nSPS) is 12.6. The average molecular weight is 435 g/mol. The summed E-state index contributed by atoms with van der Waals surface area (Å²) in [5.74, 6) is 0.0721. The number of carbonyl (C=O) groups is 1. The standard InChI is InChI=1S/C23H19BrN2O2/c24-22-14-16(11-13-25-22)6-5-12-26-23(27)28-15-21-19-9-3-1-7-17(19)18-8-2-4-10-20(18)21/h1-11,13-14,21H,12,15H2,(H,26,27). The van der Waals surface area contributed by atoms with Crippen molar-refractivity contribution in [3.05, 3.63) is 94.2 Å². The number of halogens is 1. The second kappa shape index (κ2) is 8.40. The third-order valence-corrected chi connectivity index (χ3v) is 5.20. The average Bonchev–Trinajstić information content (AvgIpc) is 3.04. The summed E-state index contributed by atoms with van der Waals surface area (Å²) in [5, 5.41) is 2.76. The minimum Gasteiger partial charge on any atom is -0.449 e. The number of ether oxygens (including phenoxy) is 1. The van der Waals surface area contributed by atoms with Gasteiger partial charge in [0, 0.05) is 18.7 Å². The van der Waals surface area contributed by atoms with E-state index in [4.69, 9.17) is 4.74 Å². The van der Waals surface area contributed by atoms with Crippen LogP contribution in [0.2, 0.25) is 0 Å². The summed E-state index contributed by atoms with van der Waals surface area (Å²) in [5.41, 5.74) is 5.87. The molecule has 0 aliphatic heterocycles. The molecule has 1 aromatic heterocycles. The molecule has 5 heteroatoms. The van der Waals surface area contributed by atoms with Crippen LogP contribution in [0.5, 0.6) is 0 Å². The fourth-order valence-corrected chi connectivity index (χ4v) is 3.89. The van der Waals surface area contributed by atoms with E-state index >= 15 is 0 Å². The molecule has 4 nitrogen and oxygen atoms in total. The first-order valence-corrected chi connectivity index (χ1v) is 9.88. The van der Waals surface area contributed by atoms with Gasteiger partial charge in [0.15, 0.2) is 0 Å². The largest absolute Gasteiger partial charge is 0.449 e. The zero-order valence-electron chi connectivity index (χ0n) is 15.1. The quantitative estimate of drug-likeness (QED) is 0.547. The van der Waals surface area contributed by atoms with Crippen molar-refractivity contribution in [3.8, 4) is 11.1 Å². The van der Waals surface area contributed by atoms with Gasteiger partial charge in [-0.05, 0) is 55.9 Å². The molecule has 0 fully saturated rings. The summed E-state index contributed by atoms with van der Waals surface area (Å²) in [6, 6.07) is 20.4. The van der Waals surface area contributed by atoms with E-state index in [1.165, 1.54) is 22.3 Å². The molecule has 140 valence electrons. The number of benzene rings is 2. The van der Waals surface area contributed by atoms with Gasteiger partial charge in [-0.15, -0.1) is 0 Å². The molecule has 28 heavy (non-hydrogen) atoms. The Morgan fingerprint density at radius 3 is 2.43 bits per heavy atom. The lowest BCUT2D eigenvalue weighted by Crippen LogP contribution is -2.26. The van der Waals surface area contributed by atoms with Gasteiger partial charge >= 0.3 is 6.09 Å². The lowest BCUT2D eigenvalue weighted by Gasteiger charge is -2.14. The Hall–Kier alpha value is -2.92. The molecule has 0 atom stereocenters. The van der Waals surface area contributed by atoms with Crippen LogP contribution < -0.4 is 5.32 Å². The third-order valence-electron chi connectivity index (χ3n) is 4.77. The predicted octanol–water partition coefficient (Wildman–Crippen LogP) is 5.40. The van der Waals surface area contributed by atoms with E-state index in [1.54, 1.807) is 6.20 Å². The minimum atomic E-state index is -0.414. The van der Waals surface area contributed by atoms with E-state index in [9.17, 15) is 4.79 Å².